The molecule has 18 heavy (non-hydrogen) atoms. The Morgan fingerprint density at radius 3 is 2.89 bits per heavy atom. The minimum Gasteiger partial charge on any atom is -0.361 e. The van der Waals surface area contributed by atoms with Gasteiger partial charge in [0.25, 0.3) is 0 Å². The molecule has 2 aromatic rings. The van der Waals surface area contributed by atoms with Crippen molar-refractivity contribution in [1.29, 1.82) is 0 Å². The van der Waals surface area contributed by atoms with Crippen molar-refractivity contribution in [3.8, 4) is 10.4 Å². The van der Waals surface area contributed by atoms with Crippen molar-refractivity contribution in [3.05, 3.63) is 34.7 Å². The van der Waals surface area contributed by atoms with Gasteiger partial charge in [-0.2, -0.15) is 0 Å². The van der Waals surface area contributed by atoms with Crippen LogP contribution < -0.4 is 5.32 Å². The van der Waals surface area contributed by atoms with Gasteiger partial charge < -0.3 is 5.32 Å². The smallest absolute Gasteiger partial charge is 0.183 e. The van der Waals surface area contributed by atoms with E-state index in [1.807, 2.05) is 6.20 Å². The van der Waals surface area contributed by atoms with Crippen LogP contribution in [0.25, 0.3) is 10.4 Å². The van der Waals surface area contributed by atoms with E-state index in [9.17, 15) is 4.39 Å². The van der Waals surface area contributed by atoms with Gasteiger partial charge in [0.05, 0.1) is 9.35 Å². The Balaban J connectivity index is 2.16. The molecular formula is C13H14BrFN2S. The number of nitrogens with one attached hydrogen (secondary N) is 1. The summed E-state index contributed by atoms with van der Waals surface area (Å²) in [6, 6.07) is 5.00. The summed E-state index contributed by atoms with van der Waals surface area (Å²) in [6.45, 7) is 5.21. The number of hydrogen-bond donors (Lipinski definition) is 1. The highest BCUT2D eigenvalue weighted by Crippen LogP contribution is 2.31. The number of aromatic nitrogens is 1. The molecule has 0 fully saturated rings. The molecule has 1 aromatic carbocycles. The fourth-order valence-corrected chi connectivity index (χ4v) is 2.63. The van der Waals surface area contributed by atoms with Crippen molar-refractivity contribution in [2.75, 3.05) is 11.9 Å². The lowest BCUT2D eigenvalue weighted by Gasteiger charge is -2.04. The molecule has 0 unspecified atom stereocenters. The van der Waals surface area contributed by atoms with E-state index in [1.54, 1.807) is 23.5 Å². The van der Waals surface area contributed by atoms with Crippen molar-refractivity contribution >= 4 is 32.4 Å². The second-order valence-corrected chi connectivity index (χ2v) is 6.32. The van der Waals surface area contributed by atoms with Gasteiger partial charge in [0.2, 0.25) is 0 Å². The van der Waals surface area contributed by atoms with Gasteiger partial charge in [-0.3, -0.25) is 0 Å². The first-order valence-electron chi connectivity index (χ1n) is 5.71. The molecule has 0 aliphatic heterocycles. The van der Waals surface area contributed by atoms with Gasteiger partial charge in [-0.1, -0.05) is 31.3 Å². The summed E-state index contributed by atoms with van der Waals surface area (Å²) in [7, 11) is 0. The van der Waals surface area contributed by atoms with E-state index < -0.39 is 0 Å². The van der Waals surface area contributed by atoms with Crippen LogP contribution >= 0.6 is 27.3 Å². The maximum absolute atomic E-state index is 13.2. The predicted octanol–water partition coefficient (Wildman–Crippen LogP) is 4.78. The number of anilines is 1. The van der Waals surface area contributed by atoms with E-state index in [0.717, 1.165) is 22.1 Å². The van der Waals surface area contributed by atoms with Crippen LogP contribution in [0.5, 0.6) is 0 Å². The van der Waals surface area contributed by atoms with E-state index in [0.29, 0.717) is 10.4 Å². The van der Waals surface area contributed by atoms with Crippen LogP contribution in [0.15, 0.2) is 28.9 Å². The molecule has 0 atom stereocenters. The minimum atomic E-state index is -0.249. The Labute approximate surface area is 118 Å². The van der Waals surface area contributed by atoms with Crippen LogP contribution in [-0.2, 0) is 0 Å². The Morgan fingerprint density at radius 2 is 2.22 bits per heavy atom. The molecule has 0 aliphatic carbocycles. The van der Waals surface area contributed by atoms with Gasteiger partial charge >= 0.3 is 0 Å². The third kappa shape index (κ3) is 3.29. The largest absolute Gasteiger partial charge is 0.361 e. The lowest BCUT2D eigenvalue weighted by Crippen LogP contribution is -2.07. The fraction of sp³-hybridized carbons (Fsp3) is 0.308. The SMILES string of the molecule is CC(C)CNc1ncc(-c2ccc(F)c(Br)c2)s1. The molecule has 0 aliphatic rings. The van der Waals surface area contributed by atoms with Crippen LogP contribution in [0, 0.1) is 11.7 Å². The summed E-state index contributed by atoms with van der Waals surface area (Å²) in [5.41, 5.74) is 0.971. The molecule has 2 rings (SSSR count). The second kappa shape index (κ2) is 5.80. The van der Waals surface area contributed by atoms with E-state index in [1.165, 1.54) is 6.07 Å². The molecule has 96 valence electrons. The molecule has 0 radical (unpaired) electrons. The van der Waals surface area contributed by atoms with Gasteiger partial charge in [0.15, 0.2) is 5.13 Å². The number of rotatable bonds is 4. The van der Waals surface area contributed by atoms with E-state index in [-0.39, 0.29) is 5.82 Å². The Morgan fingerprint density at radius 1 is 1.44 bits per heavy atom. The lowest BCUT2D eigenvalue weighted by molar-refractivity contribution is 0.621. The van der Waals surface area contributed by atoms with Crippen LogP contribution in [0.4, 0.5) is 9.52 Å². The maximum atomic E-state index is 13.2. The first-order valence-corrected chi connectivity index (χ1v) is 7.32. The monoisotopic (exact) mass is 328 g/mol. The van der Waals surface area contributed by atoms with Gasteiger partial charge in [-0.15, -0.1) is 0 Å². The zero-order chi connectivity index (χ0) is 13.1. The van der Waals surface area contributed by atoms with Gasteiger partial charge in [0.1, 0.15) is 5.82 Å². The molecule has 5 heteroatoms. The molecule has 0 bridgehead atoms. The standard InChI is InChI=1S/C13H14BrFN2S/c1-8(2)6-16-13-17-7-12(18-13)9-3-4-11(15)10(14)5-9/h3-5,7-8H,6H2,1-2H3,(H,16,17). The molecule has 0 spiro atoms. The highest BCUT2D eigenvalue weighted by molar-refractivity contribution is 9.10. The third-order valence-corrected chi connectivity index (χ3v) is 3.98. The number of halogens is 2. The average molecular weight is 329 g/mol. The van der Waals surface area contributed by atoms with E-state index in [4.69, 9.17) is 0 Å². The highest BCUT2D eigenvalue weighted by atomic mass is 79.9. The number of thiazole rings is 1. The molecule has 2 nitrogen and oxygen atoms in total. The zero-order valence-corrected chi connectivity index (χ0v) is 12.6. The van der Waals surface area contributed by atoms with Gasteiger partial charge in [-0.25, -0.2) is 9.37 Å². The highest BCUT2D eigenvalue weighted by Gasteiger charge is 2.07. The van der Waals surface area contributed by atoms with Crippen molar-refractivity contribution in [2.45, 2.75) is 13.8 Å². The minimum absolute atomic E-state index is 0.249. The quantitative estimate of drug-likeness (QED) is 0.873. The van der Waals surface area contributed by atoms with Crippen molar-refractivity contribution in [1.82, 2.24) is 4.98 Å². The predicted molar refractivity (Wildman–Crippen MR) is 78.5 cm³/mol. The summed E-state index contributed by atoms with van der Waals surface area (Å²) in [5, 5.41) is 4.18. The third-order valence-electron chi connectivity index (χ3n) is 2.37. The molecule has 1 heterocycles. The second-order valence-electron chi connectivity index (χ2n) is 4.43. The van der Waals surface area contributed by atoms with Gasteiger partial charge in [0, 0.05) is 12.7 Å². The van der Waals surface area contributed by atoms with E-state index >= 15 is 0 Å². The normalized spacial score (nSPS) is 10.9. The summed E-state index contributed by atoms with van der Waals surface area (Å²) in [4.78, 5) is 5.34. The average Bonchev–Trinajstić information content (AvgIpc) is 2.79. The Hall–Kier alpha value is -0.940. The van der Waals surface area contributed by atoms with Crippen LogP contribution in [0.1, 0.15) is 13.8 Å². The van der Waals surface area contributed by atoms with Crippen molar-refractivity contribution in [3.63, 3.8) is 0 Å². The van der Waals surface area contributed by atoms with Crippen LogP contribution in [0.2, 0.25) is 0 Å². The van der Waals surface area contributed by atoms with Gasteiger partial charge in [-0.05, 0) is 39.5 Å². The lowest BCUT2D eigenvalue weighted by atomic mass is 10.2. The molecule has 0 amide bonds. The summed E-state index contributed by atoms with van der Waals surface area (Å²) in [5.74, 6) is 0.332. The Bertz CT molecular complexity index is 540. The molecule has 1 N–H and O–H groups in total. The molecular weight excluding hydrogens is 315 g/mol. The topological polar surface area (TPSA) is 24.9 Å². The van der Waals surface area contributed by atoms with E-state index in [2.05, 4.69) is 40.1 Å². The fourth-order valence-electron chi connectivity index (χ4n) is 1.43. The van der Waals surface area contributed by atoms with Crippen molar-refractivity contribution < 1.29 is 4.39 Å². The maximum Gasteiger partial charge on any atom is 0.183 e. The zero-order valence-electron chi connectivity index (χ0n) is 10.2. The molecule has 0 saturated heterocycles. The Kier molecular flexibility index (Phi) is 4.35. The molecule has 1 aromatic heterocycles. The molecule has 0 saturated carbocycles. The van der Waals surface area contributed by atoms with Crippen LogP contribution in [-0.4, -0.2) is 11.5 Å². The summed E-state index contributed by atoms with van der Waals surface area (Å²) < 4.78 is 13.6. The first kappa shape index (κ1) is 13.5. The number of benzene rings is 1. The number of nitrogens with zero attached hydrogens (tertiary/aromatic N) is 1. The number of hydrogen-bond acceptors (Lipinski definition) is 3. The van der Waals surface area contributed by atoms with Crippen molar-refractivity contribution in [2.24, 2.45) is 5.92 Å². The van der Waals surface area contributed by atoms with Crippen LogP contribution in [0.3, 0.4) is 0 Å². The first-order chi connectivity index (χ1) is 8.56. The summed E-state index contributed by atoms with van der Waals surface area (Å²) in [6.07, 6.45) is 1.81. The summed E-state index contributed by atoms with van der Waals surface area (Å²) >= 11 is 4.77.